The number of hydrogen-bond acceptors (Lipinski definition) is 5. The lowest BCUT2D eigenvalue weighted by atomic mass is 10.1. The van der Waals surface area contributed by atoms with Gasteiger partial charge in [-0.05, 0) is 67.1 Å². The van der Waals surface area contributed by atoms with Crippen LogP contribution in [0.4, 0.5) is 9.18 Å². The topological polar surface area (TPSA) is 55.8 Å². The van der Waals surface area contributed by atoms with E-state index in [1.165, 1.54) is 12.1 Å². The van der Waals surface area contributed by atoms with E-state index in [2.05, 4.69) is 15.9 Å². The van der Waals surface area contributed by atoms with E-state index in [4.69, 9.17) is 9.47 Å². The third kappa shape index (κ3) is 5.00. The summed E-state index contributed by atoms with van der Waals surface area (Å²) in [6, 6.07) is 9.27. The Morgan fingerprint density at radius 1 is 1.07 bits per heavy atom. The summed E-state index contributed by atoms with van der Waals surface area (Å²) < 4.78 is 25.0. The van der Waals surface area contributed by atoms with Crippen LogP contribution in [0.5, 0.6) is 11.5 Å². The average Bonchev–Trinajstić information content (AvgIpc) is 2.95. The molecule has 3 rings (SSSR count). The Kier molecular flexibility index (Phi) is 6.97. The van der Waals surface area contributed by atoms with E-state index in [9.17, 15) is 14.0 Å². The lowest BCUT2D eigenvalue weighted by molar-refractivity contribution is -0.123. The van der Waals surface area contributed by atoms with Crippen LogP contribution >= 0.6 is 27.7 Å². The molecule has 0 aliphatic carbocycles. The van der Waals surface area contributed by atoms with Gasteiger partial charge in [0.05, 0.1) is 24.7 Å². The van der Waals surface area contributed by atoms with Gasteiger partial charge >= 0.3 is 0 Å². The number of ether oxygens (including phenoxy) is 2. The molecule has 1 saturated heterocycles. The summed E-state index contributed by atoms with van der Waals surface area (Å²) in [4.78, 5) is 26.6. The molecule has 0 atom stereocenters. The molecule has 1 aliphatic heterocycles. The van der Waals surface area contributed by atoms with E-state index in [1.54, 1.807) is 30.3 Å². The Hall–Kier alpha value is -2.32. The molecule has 1 fully saturated rings. The van der Waals surface area contributed by atoms with Crippen molar-refractivity contribution in [2.45, 2.75) is 20.4 Å². The van der Waals surface area contributed by atoms with Gasteiger partial charge < -0.3 is 9.47 Å². The molecule has 0 unspecified atom stereocenters. The first-order valence-corrected chi connectivity index (χ1v) is 10.6. The van der Waals surface area contributed by atoms with Gasteiger partial charge in [-0.1, -0.05) is 28.1 Å². The molecule has 2 amide bonds. The lowest BCUT2D eigenvalue weighted by Gasteiger charge is -2.13. The third-order valence-corrected chi connectivity index (χ3v) is 5.67. The molecule has 2 aromatic carbocycles. The van der Waals surface area contributed by atoms with Gasteiger partial charge in [0.1, 0.15) is 5.82 Å². The van der Waals surface area contributed by atoms with Crippen molar-refractivity contribution in [1.82, 2.24) is 4.90 Å². The Bertz CT molecular complexity index is 962. The minimum atomic E-state index is -0.386. The molecule has 0 N–H and O–H groups in total. The van der Waals surface area contributed by atoms with Gasteiger partial charge in [-0.25, -0.2) is 4.39 Å². The molecule has 0 radical (unpaired) electrons. The molecule has 8 heteroatoms. The highest BCUT2D eigenvalue weighted by atomic mass is 79.9. The number of halogens is 2. The molecule has 29 heavy (non-hydrogen) atoms. The molecular weight excluding hydrogens is 461 g/mol. The summed E-state index contributed by atoms with van der Waals surface area (Å²) >= 11 is 4.36. The first kappa shape index (κ1) is 21.4. The zero-order valence-corrected chi connectivity index (χ0v) is 18.3. The number of hydrogen-bond donors (Lipinski definition) is 0. The number of carbonyl (C=O) groups is 2. The number of imide groups is 1. The zero-order chi connectivity index (χ0) is 21.0. The van der Waals surface area contributed by atoms with Crippen LogP contribution in [0.1, 0.15) is 25.0 Å². The summed E-state index contributed by atoms with van der Waals surface area (Å²) in [6.45, 7) is 4.81. The van der Waals surface area contributed by atoms with E-state index in [0.29, 0.717) is 40.7 Å². The first-order chi connectivity index (χ1) is 13.9. The van der Waals surface area contributed by atoms with Crippen molar-refractivity contribution in [1.29, 1.82) is 0 Å². The number of nitrogens with zero attached hydrogens (tertiary/aromatic N) is 1. The van der Waals surface area contributed by atoms with Crippen LogP contribution in [0, 0.1) is 5.82 Å². The fraction of sp³-hybridized carbons (Fsp3) is 0.238. The van der Waals surface area contributed by atoms with Crippen LogP contribution < -0.4 is 9.47 Å². The Morgan fingerprint density at radius 2 is 1.69 bits per heavy atom. The van der Waals surface area contributed by atoms with E-state index in [0.717, 1.165) is 21.1 Å². The molecular formula is C21H19BrFNO4S. The second-order valence-corrected chi connectivity index (χ2v) is 7.93. The van der Waals surface area contributed by atoms with E-state index < -0.39 is 0 Å². The van der Waals surface area contributed by atoms with Crippen molar-refractivity contribution in [3.63, 3.8) is 0 Å². The minimum absolute atomic E-state index is 0.0942. The molecule has 0 aromatic heterocycles. The van der Waals surface area contributed by atoms with Crippen molar-refractivity contribution in [2.75, 3.05) is 13.2 Å². The van der Waals surface area contributed by atoms with Crippen LogP contribution in [-0.2, 0) is 11.3 Å². The van der Waals surface area contributed by atoms with E-state index in [1.807, 2.05) is 13.8 Å². The van der Waals surface area contributed by atoms with Gasteiger partial charge in [-0.2, -0.15) is 0 Å². The van der Waals surface area contributed by atoms with Crippen molar-refractivity contribution >= 4 is 44.9 Å². The van der Waals surface area contributed by atoms with Gasteiger partial charge in [0.25, 0.3) is 11.1 Å². The fourth-order valence-electron chi connectivity index (χ4n) is 2.75. The predicted molar refractivity (Wildman–Crippen MR) is 114 cm³/mol. The number of amides is 2. The summed E-state index contributed by atoms with van der Waals surface area (Å²) in [5.74, 6) is 0.411. The average molecular weight is 480 g/mol. The number of carbonyl (C=O) groups excluding carboxylic acids is 2. The third-order valence-electron chi connectivity index (χ3n) is 4.08. The Morgan fingerprint density at radius 3 is 2.31 bits per heavy atom. The van der Waals surface area contributed by atoms with Gasteiger partial charge in [0.2, 0.25) is 0 Å². The normalized spacial score (nSPS) is 15.3. The van der Waals surface area contributed by atoms with Crippen LogP contribution in [0.25, 0.3) is 6.08 Å². The van der Waals surface area contributed by atoms with Gasteiger partial charge in [0, 0.05) is 4.47 Å². The number of rotatable bonds is 7. The maximum absolute atomic E-state index is 13.1. The van der Waals surface area contributed by atoms with Gasteiger partial charge in [-0.15, -0.1) is 0 Å². The summed E-state index contributed by atoms with van der Waals surface area (Å²) in [5.41, 5.74) is 1.38. The van der Waals surface area contributed by atoms with Crippen molar-refractivity contribution in [3.05, 3.63) is 62.7 Å². The number of benzene rings is 2. The molecule has 0 spiro atoms. The summed E-state index contributed by atoms with van der Waals surface area (Å²) in [6.07, 6.45) is 1.65. The van der Waals surface area contributed by atoms with Crippen LogP contribution in [0.15, 0.2) is 45.8 Å². The maximum atomic E-state index is 13.1. The molecule has 5 nitrogen and oxygen atoms in total. The van der Waals surface area contributed by atoms with Crippen molar-refractivity contribution in [2.24, 2.45) is 0 Å². The zero-order valence-electron chi connectivity index (χ0n) is 15.9. The maximum Gasteiger partial charge on any atom is 0.293 e. The predicted octanol–water partition coefficient (Wildman–Crippen LogP) is 5.62. The molecule has 0 bridgehead atoms. The smallest absolute Gasteiger partial charge is 0.293 e. The second-order valence-electron chi connectivity index (χ2n) is 6.08. The van der Waals surface area contributed by atoms with Crippen LogP contribution in [-0.4, -0.2) is 29.3 Å². The largest absolute Gasteiger partial charge is 0.490 e. The van der Waals surface area contributed by atoms with Gasteiger partial charge in [0.15, 0.2) is 11.5 Å². The Balaban J connectivity index is 1.86. The standard InChI is InChI=1S/C21H19BrFNO4S/c1-3-27-17-9-14(16(22)11-18(17)28-4-2)10-19-20(25)24(21(26)29-19)12-13-5-7-15(23)8-6-13/h5-11H,3-4,12H2,1-2H3. The minimum Gasteiger partial charge on any atom is -0.490 e. The highest BCUT2D eigenvalue weighted by Crippen LogP contribution is 2.38. The quantitative estimate of drug-likeness (QED) is 0.482. The highest BCUT2D eigenvalue weighted by Gasteiger charge is 2.35. The molecule has 0 saturated carbocycles. The van der Waals surface area contributed by atoms with Crippen molar-refractivity contribution in [3.8, 4) is 11.5 Å². The van der Waals surface area contributed by atoms with Crippen molar-refractivity contribution < 1.29 is 23.5 Å². The first-order valence-electron chi connectivity index (χ1n) is 9.01. The molecule has 2 aromatic rings. The van der Waals surface area contributed by atoms with Crippen LogP contribution in [0.3, 0.4) is 0 Å². The monoisotopic (exact) mass is 479 g/mol. The van der Waals surface area contributed by atoms with E-state index in [-0.39, 0.29) is 23.5 Å². The summed E-state index contributed by atoms with van der Waals surface area (Å²) in [5, 5.41) is -0.363. The summed E-state index contributed by atoms with van der Waals surface area (Å²) in [7, 11) is 0. The Labute approximate surface area is 181 Å². The highest BCUT2D eigenvalue weighted by molar-refractivity contribution is 9.10. The van der Waals surface area contributed by atoms with Gasteiger partial charge in [-0.3, -0.25) is 14.5 Å². The fourth-order valence-corrected chi connectivity index (χ4v) is 4.01. The van der Waals surface area contributed by atoms with E-state index >= 15 is 0 Å². The SMILES string of the molecule is CCOc1cc(Br)c(C=C2SC(=O)N(Cc3ccc(F)cc3)C2=O)cc1OCC. The number of thioether (sulfide) groups is 1. The molecule has 1 heterocycles. The second kappa shape index (κ2) is 9.45. The lowest BCUT2D eigenvalue weighted by Crippen LogP contribution is -2.27. The van der Waals surface area contributed by atoms with Crippen LogP contribution in [0.2, 0.25) is 0 Å². The molecule has 152 valence electrons. The molecule has 1 aliphatic rings.